The molecular weight excluding hydrogens is 275 g/mol. The Kier molecular flexibility index (Phi) is 5.26. The van der Waals surface area contributed by atoms with E-state index in [4.69, 9.17) is 10.00 Å². The first-order chi connectivity index (χ1) is 10.1. The molecule has 1 unspecified atom stereocenters. The van der Waals surface area contributed by atoms with E-state index in [1.54, 1.807) is 6.07 Å². The quantitative estimate of drug-likeness (QED) is 0.786. The number of rotatable bonds is 4. The molecule has 0 aromatic heterocycles. The average Bonchev–Trinajstić information content (AvgIpc) is 2.49. The van der Waals surface area contributed by atoms with Crippen molar-refractivity contribution >= 4 is 5.97 Å². The molecule has 0 spiro atoms. The van der Waals surface area contributed by atoms with Crippen LogP contribution in [0, 0.1) is 17.1 Å². The van der Waals surface area contributed by atoms with Crippen molar-refractivity contribution in [1.29, 1.82) is 5.26 Å². The number of morpholine rings is 1. The van der Waals surface area contributed by atoms with Gasteiger partial charge in [-0.3, -0.25) is 9.69 Å². The van der Waals surface area contributed by atoms with Crippen LogP contribution in [-0.4, -0.2) is 43.8 Å². The van der Waals surface area contributed by atoms with E-state index < -0.39 is 5.82 Å². The second-order valence-corrected chi connectivity index (χ2v) is 4.92. The number of ether oxygens (including phenoxy) is 2. The van der Waals surface area contributed by atoms with Gasteiger partial charge in [0.25, 0.3) is 0 Å². The molecule has 1 heterocycles. The van der Waals surface area contributed by atoms with Crippen molar-refractivity contribution in [3.8, 4) is 6.07 Å². The maximum Gasteiger partial charge on any atom is 0.308 e. The summed E-state index contributed by atoms with van der Waals surface area (Å²) in [5.41, 5.74) is 1.11. The Morgan fingerprint density at radius 2 is 2.43 bits per heavy atom. The summed E-state index contributed by atoms with van der Waals surface area (Å²) in [6.45, 7) is 2.34. The average molecular weight is 292 g/mol. The highest BCUT2D eigenvalue weighted by molar-refractivity contribution is 5.69. The van der Waals surface area contributed by atoms with Crippen molar-refractivity contribution in [3.63, 3.8) is 0 Å². The number of nitriles is 1. The number of benzene rings is 1. The van der Waals surface area contributed by atoms with Crippen LogP contribution in [0.25, 0.3) is 0 Å². The van der Waals surface area contributed by atoms with Crippen LogP contribution < -0.4 is 0 Å². The second-order valence-electron chi connectivity index (χ2n) is 4.92. The van der Waals surface area contributed by atoms with Gasteiger partial charge in [-0.1, -0.05) is 6.07 Å². The van der Waals surface area contributed by atoms with Gasteiger partial charge >= 0.3 is 5.97 Å². The fourth-order valence-electron chi connectivity index (χ4n) is 2.35. The van der Waals surface area contributed by atoms with E-state index in [-0.39, 0.29) is 18.5 Å². The van der Waals surface area contributed by atoms with Crippen LogP contribution in [0.15, 0.2) is 18.2 Å². The smallest absolute Gasteiger partial charge is 0.308 e. The van der Waals surface area contributed by atoms with Gasteiger partial charge < -0.3 is 9.47 Å². The minimum atomic E-state index is -0.416. The standard InChI is InChI=1S/C15H17FN2O3/c1-20-15(19)7-14-10-18(4-5-21-14)9-11-2-3-13(16)6-12(11)8-17/h2-3,6,14H,4-5,7,9-10H2,1H3. The van der Waals surface area contributed by atoms with Crippen molar-refractivity contribution in [3.05, 3.63) is 35.1 Å². The third kappa shape index (κ3) is 4.25. The monoisotopic (exact) mass is 292 g/mol. The number of carbonyl (C=O) groups is 1. The molecule has 0 amide bonds. The van der Waals surface area contributed by atoms with Gasteiger partial charge in [-0.05, 0) is 17.7 Å². The van der Waals surface area contributed by atoms with Crippen molar-refractivity contribution in [2.75, 3.05) is 26.8 Å². The lowest BCUT2D eigenvalue weighted by atomic mass is 10.1. The minimum Gasteiger partial charge on any atom is -0.469 e. The molecule has 1 aromatic carbocycles. The highest BCUT2D eigenvalue weighted by Gasteiger charge is 2.23. The lowest BCUT2D eigenvalue weighted by molar-refractivity contribution is -0.145. The summed E-state index contributed by atoms with van der Waals surface area (Å²) >= 11 is 0. The second kappa shape index (κ2) is 7.16. The molecule has 0 aliphatic carbocycles. The fraction of sp³-hybridized carbons (Fsp3) is 0.467. The lowest BCUT2D eigenvalue weighted by Gasteiger charge is -2.32. The van der Waals surface area contributed by atoms with Gasteiger partial charge in [-0.25, -0.2) is 4.39 Å². The molecule has 0 N–H and O–H groups in total. The van der Waals surface area contributed by atoms with E-state index in [1.807, 2.05) is 6.07 Å². The van der Waals surface area contributed by atoms with Crippen molar-refractivity contribution in [2.45, 2.75) is 19.1 Å². The first-order valence-electron chi connectivity index (χ1n) is 6.71. The molecule has 1 aromatic rings. The number of hydrogen-bond donors (Lipinski definition) is 0. The molecule has 1 aliphatic heterocycles. The van der Waals surface area contributed by atoms with E-state index in [0.29, 0.717) is 31.8 Å². The number of methoxy groups -OCH3 is 1. The number of hydrogen-bond acceptors (Lipinski definition) is 5. The molecule has 2 rings (SSSR count). The summed E-state index contributed by atoms with van der Waals surface area (Å²) in [6.07, 6.45) is -0.00109. The lowest BCUT2D eigenvalue weighted by Crippen LogP contribution is -2.43. The first kappa shape index (κ1) is 15.4. The number of carbonyl (C=O) groups excluding carboxylic acids is 1. The third-order valence-corrected chi connectivity index (χ3v) is 3.43. The Morgan fingerprint density at radius 1 is 1.62 bits per heavy atom. The largest absolute Gasteiger partial charge is 0.469 e. The third-order valence-electron chi connectivity index (χ3n) is 3.43. The Hall–Kier alpha value is -1.97. The zero-order valence-electron chi connectivity index (χ0n) is 11.8. The Balaban J connectivity index is 2.00. The van der Waals surface area contributed by atoms with Crippen LogP contribution in [0.2, 0.25) is 0 Å². The van der Waals surface area contributed by atoms with Crippen molar-refractivity contribution in [2.24, 2.45) is 0 Å². The Bertz CT molecular complexity index is 556. The van der Waals surface area contributed by atoms with Gasteiger partial charge in [-0.15, -0.1) is 0 Å². The molecule has 0 bridgehead atoms. The van der Waals surface area contributed by atoms with E-state index in [0.717, 1.165) is 5.56 Å². The highest BCUT2D eigenvalue weighted by Crippen LogP contribution is 2.16. The van der Waals surface area contributed by atoms with Crippen LogP contribution in [0.4, 0.5) is 4.39 Å². The first-order valence-corrected chi connectivity index (χ1v) is 6.71. The zero-order valence-corrected chi connectivity index (χ0v) is 11.8. The van der Waals surface area contributed by atoms with Gasteiger partial charge in [0, 0.05) is 19.6 Å². The normalized spacial score (nSPS) is 19.0. The molecule has 21 heavy (non-hydrogen) atoms. The maximum atomic E-state index is 13.1. The molecule has 0 saturated carbocycles. The Labute approximate surface area is 122 Å². The number of halogens is 1. The zero-order chi connectivity index (χ0) is 15.2. The summed E-state index contributed by atoms with van der Waals surface area (Å²) in [4.78, 5) is 13.4. The molecule has 0 radical (unpaired) electrons. The van der Waals surface area contributed by atoms with Gasteiger partial charge in [0.2, 0.25) is 0 Å². The molecule has 5 nitrogen and oxygen atoms in total. The van der Waals surface area contributed by atoms with E-state index in [1.165, 1.54) is 19.2 Å². The molecule has 1 saturated heterocycles. The molecular formula is C15H17FN2O3. The molecule has 1 atom stereocenters. The van der Waals surface area contributed by atoms with E-state index in [9.17, 15) is 9.18 Å². The van der Waals surface area contributed by atoms with Crippen LogP contribution in [0.5, 0.6) is 0 Å². The summed E-state index contributed by atoms with van der Waals surface area (Å²) in [5.74, 6) is -0.720. The van der Waals surface area contributed by atoms with Crippen molar-refractivity contribution < 1.29 is 18.7 Å². The van der Waals surface area contributed by atoms with Gasteiger partial charge in [0.1, 0.15) is 5.82 Å². The SMILES string of the molecule is COC(=O)CC1CN(Cc2ccc(F)cc2C#N)CCO1. The minimum absolute atomic E-state index is 0.210. The predicted octanol–water partition coefficient (Wildman–Crippen LogP) is 1.46. The van der Waals surface area contributed by atoms with Gasteiger partial charge in [-0.2, -0.15) is 5.26 Å². The topological polar surface area (TPSA) is 62.6 Å². The number of nitrogens with zero attached hydrogens (tertiary/aromatic N) is 2. The summed E-state index contributed by atoms with van der Waals surface area (Å²) in [7, 11) is 1.35. The summed E-state index contributed by atoms with van der Waals surface area (Å²) < 4.78 is 23.3. The molecule has 1 fully saturated rings. The summed E-state index contributed by atoms with van der Waals surface area (Å²) in [6, 6.07) is 6.22. The van der Waals surface area contributed by atoms with E-state index in [2.05, 4.69) is 9.64 Å². The molecule has 112 valence electrons. The van der Waals surface area contributed by atoms with Crippen LogP contribution in [-0.2, 0) is 20.8 Å². The van der Waals surface area contributed by atoms with Crippen LogP contribution in [0.3, 0.4) is 0 Å². The molecule has 1 aliphatic rings. The number of esters is 1. The summed E-state index contributed by atoms with van der Waals surface area (Å²) in [5, 5.41) is 9.05. The van der Waals surface area contributed by atoms with Crippen LogP contribution in [0.1, 0.15) is 17.5 Å². The van der Waals surface area contributed by atoms with E-state index >= 15 is 0 Å². The van der Waals surface area contributed by atoms with Gasteiger partial charge in [0.05, 0.1) is 37.9 Å². The van der Waals surface area contributed by atoms with Gasteiger partial charge in [0.15, 0.2) is 0 Å². The van der Waals surface area contributed by atoms with Crippen LogP contribution >= 0.6 is 0 Å². The highest BCUT2D eigenvalue weighted by atomic mass is 19.1. The fourth-order valence-corrected chi connectivity index (χ4v) is 2.35. The van der Waals surface area contributed by atoms with Crippen molar-refractivity contribution in [1.82, 2.24) is 4.90 Å². The maximum absolute atomic E-state index is 13.1. The molecule has 6 heteroatoms. The predicted molar refractivity (Wildman–Crippen MR) is 72.8 cm³/mol. The Morgan fingerprint density at radius 3 is 3.14 bits per heavy atom.